The monoisotopic (exact) mass is 234 g/mol. The molecule has 0 aliphatic carbocycles. The van der Waals surface area contributed by atoms with Gasteiger partial charge in [0.05, 0.1) is 12.6 Å². The Morgan fingerprint density at radius 3 is 2.73 bits per heavy atom. The van der Waals surface area contributed by atoms with Gasteiger partial charge in [-0.05, 0) is 13.3 Å². The minimum atomic E-state index is -0.601. The van der Waals surface area contributed by atoms with Gasteiger partial charge in [0.25, 0.3) is 0 Å². The lowest BCUT2D eigenvalue weighted by Gasteiger charge is -2.15. The molecule has 1 aliphatic rings. The molecule has 1 saturated heterocycles. The van der Waals surface area contributed by atoms with Crippen molar-refractivity contribution < 1.29 is 9.26 Å². The highest BCUT2D eigenvalue weighted by Crippen LogP contribution is 2.25. The molecule has 2 rings (SSSR count). The van der Waals surface area contributed by atoms with E-state index < -0.39 is 5.54 Å². The highest BCUT2D eigenvalue weighted by molar-refractivity contribution is 5.85. The van der Waals surface area contributed by atoms with Crippen LogP contribution in [-0.2, 0) is 10.3 Å². The third kappa shape index (κ3) is 2.28. The van der Waals surface area contributed by atoms with Crippen LogP contribution in [0.4, 0.5) is 0 Å². The van der Waals surface area contributed by atoms with Gasteiger partial charge in [-0.2, -0.15) is 4.98 Å². The molecular formula is C8H15ClN4O2. The summed E-state index contributed by atoms with van der Waals surface area (Å²) in [6.07, 6.45) is 0.713. The maximum absolute atomic E-state index is 6.04. The Hall–Kier alpha value is -0.690. The maximum Gasteiger partial charge on any atom is 0.243 e. The maximum atomic E-state index is 6.04. The lowest BCUT2D eigenvalue weighted by molar-refractivity contribution is 0.175. The van der Waals surface area contributed by atoms with Gasteiger partial charge in [0.15, 0.2) is 5.82 Å². The summed E-state index contributed by atoms with van der Waals surface area (Å²) >= 11 is 0. The van der Waals surface area contributed by atoms with Gasteiger partial charge in [0.1, 0.15) is 5.54 Å². The van der Waals surface area contributed by atoms with Crippen molar-refractivity contribution >= 4 is 12.4 Å². The first-order valence-electron chi connectivity index (χ1n) is 4.58. The standard InChI is InChI=1S/C8H14N4O2.ClH/c1-5(9)6-11-7(12-14-6)8(10)2-3-13-4-8;/h5H,2-4,9-10H2,1H3;1H/t5-,8?;/m0./s1. The Labute approximate surface area is 93.7 Å². The van der Waals surface area contributed by atoms with Crippen molar-refractivity contribution in [3.63, 3.8) is 0 Å². The van der Waals surface area contributed by atoms with Gasteiger partial charge >= 0.3 is 0 Å². The number of ether oxygens (including phenoxy) is 1. The van der Waals surface area contributed by atoms with Crippen molar-refractivity contribution in [2.24, 2.45) is 11.5 Å². The van der Waals surface area contributed by atoms with Crippen molar-refractivity contribution in [2.75, 3.05) is 13.2 Å². The van der Waals surface area contributed by atoms with E-state index in [4.69, 9.17) is 20.7 Å². The molecule has 0 aromatic carbocycles. The van der Waals surface area contributed by atoms with Crippen molar-refractivity contribution in [3.8, 4) is 0 Å². The summed E-state index contributed by atoms with van der Waals surface area (Å²) in [7, 11) is 0. The number of nitrogens with two attached hydrogens (primary N) is 2. The number of rotatable bonds is 2. The summed E-state index contributed by atoms with van der Waals surface area (Å²) in [4.78, 5) is 4.16. The molecule has 1 aromatic heterocycles. The van der Waals surface area contributed by atoms with Crippen LogP contribution >= 0.6 is 12.4 Å². The van der Waals surface area contributed by atoms with E-state index in [0.29, 0.717) is 31.3 Å². The van der Waals surface area contributed by atoms with E-state index in [0.717, 1.165) is 0 Å². The van der Waals surface area contributed by atoms with E-state index in [-0.39, 0.29) is 18.4 Å². The molecule has 6 nitrogen and oxygen atoms in total. The Morgan fingerprint density at radius 2 is 2.27 bits per heavy atom. The van der Waals surface area contributed by atoms with Crippen LogP contribution in [0.1, 0.15) is 31.1 Å². The molecule has 0 spiro atoms. The molecule has 1 aliphatic heterocycles. The van der Waals surface area contributed by atoms with Crippen molar-refractivity contribution in [3.05, 3.63) is 11.7 Å². The van der Waals surface area contributed by atoms with E-state index in [1.165, 1.54) is 0 Å². The topological polar surface area (TPSA) is 100 Å². The van der Waals surface area contributed by atoms with Crippen LogP contribution in [0, 0.1) is 0 Å². The second kappa shape index (κ2) is 4.44. The molecule has 2 atom stereocenters. The van der Waals surface area contributed by atoms with E-state index in [2.05, 4.69) is 10.1 Å². The van der Waals surface area contributed by atoms with Crippen LogP contribution in [0.3, 0.4) is 0 Å². The van der Waals surface area contributed by atoms with Gasteiger partial charge < -0.3 is 20.7 Å². The Balaban J connectivity index is 0.00000112. The third-order valence-corrected chi connectivity index (χ3v) is 2.33. The predicted molar refractivity (Wildman–Crippen MR) is 55.4 cm³/mol. The molecule has 1 unspecified atom stereocenters. The summed E-state index contributed by atoms with van der Waals surface area (Å²) in [5.41, 5.74) is 11.0. The van der Waals surface area contributed by atoms with Crippen LogP contribution in [0.15, 0.2) is 4.52 Å². The Bertz CT molecular complexity index is 322. The molecule has 0 amide bonds. The molecule has 86 valence electrons. The summed E-state index contributed by atoms with van der Waals surface area (Å²) in [6.45, 7) is 2.86. The zero-order valence-electron chi connectivity index (χ0n) is 8.47. The van der Waals surface area contributed by atoms with Gasteiger partial charge in [0.2, 0.25) is 5.89 Å². The number of nitrogens with zero attached hydrogens (tertiary/aromatic N) is 2. The van der Waals surface area contributed by atoms with Gasteiger partial charge in [-0.25, -0.2) is 0 Å². The molecule has 0 bridgehead atoms. The van der Waals surface area contributed by atoms with Crippen LogP contribution in [0.5, 0.6) is 0 Å². The Morgan fingerprint density at radius 1 is 1.53 bits per heavy atom. The van der Waals surface area contributed by atoms with Crippen molar-refractivity contribution in [1.82, 2.24) is 10.1 Å². The average molecular weight is 235 g/mol. The van der Waals surface area contributed by atoms with Crippen molar-refractivity contribution in [1.29, 1.82) is 0 Å². The van der Waals surface area contributed by atoms with Gasteiger partial charge in [-0.3, -0.25) is 0 Å². The van der Waals surface area contributed by atoms with E-state index >= 15 is 0 Å². The number of aromatic nitrogens is 2. The molecule has 2 heterocycles. The van der Waals surface area contributed by atoms with Crippen LogP contribution in [0.2, 0.25) is 0 Å². The summed E-state index contributed by atoms with van der Waals surface area (Å²) < 4.78 is 10.2. The fraction of sp³-hybridized carbons (Fsp3) is 0.750. The van der Waals surface area contributed by atoms with Crippen LogP contribution < -0.4 is 11.5 Å². The number of hydrogen-bond acceptors (Lipinski definition) is 6. The number of halogens is 1. The van der Waals surface area contributed by atoms with Gasteiger partial charge in [0, 0.05) is 6.61 Å². The molecule has 15 heavy (non-hydrogen) atoms. The van der Waals surface area contributed by atoms with Gasteiger partial charge in [-0.15, -0.1) is 12.4 Å². The minimum absolute atomic E-state index is 0. The van der Waals surface area contributed by atoms with E-state index in [9.17, 15) is 0 Å². The molecule has 7 heteroatoms. The summed E-state index contributed by atoms with van der Waals surface area (Å²) in [5, 5.41) is 3.82. The minimum Gasteiger partial charge on any atom is -0.379 e. The lowest BCUT2D eigenvalue weighted by atomic mass is 10.00. The smallest absolute Gasteiger partial charge is 0.243 e. The average Bonchev–Trinajstić information content (AvgIpc) is 2.71. The highest BCUT2D eigenvalue weighted by Gasteiger charge is 2.37. The van der Waals surface area contributed by atoms with Crippen LogP contribution in [-0.4, -0.2) is 23.4 Å². The predicted octanol–water partition coefficient (Wildman–Crippen LogP) is 0.0854. The summed E-state index contributed by atoms with van der Waals surface area (Å²) in [6, 6.07) is -0.262. The van der Waals surface area contributed by atoms with Crippen LogP contribution in [0.25, 0.3) is 0 Å². The second-order valence-electron chi connectivity index (χ2n) is 3.70. The SMILES string of the molecule is C[C@H](N)c1nc(C2(N)CCOC2)no1.Cl. The van der Waals surface area contributed by atoms with E-state index in [1.807, 2.05) is 0 Å². The largest absolute Gasteiger partial charge is 0.379 e. The first kappa shape index (κ1) is 12.4. The van der Waals surface area contributed by atoms with Gasteiger partial charge in [-0.1, -0.05) is 5.16 Å². The second-order valence-corrected chi connectivity index (χ2v) is 3.70. The normalized spacial score (nSPS) is 27.4. The molecule has 0 saturated carbocycles. The first-order valence-corrected chi connectivity index (χ1v) is 4.58. The molecule has 1 fully saturated rings. The lowest BCUT2D eigenvalue weighted by Crippen LogP contribution is -2.38. The highest BCUT2D eigenvalue weighted by atomic mass is 35.5. The fourth-order valence-electron chi connectivity index (χ4n) is 1.38. The summed E-state index contributed by atoms with van der Waals surface area (Å²) in [5.74, 6) is 0.902. The van der Waals surface area contributed by atoms with E-state index in [1.54, 1.807) is 6.92 Å². The third-order valence-electron chi connectivity index (χ3n) is 2.33. The molecular weight excluding hydrogens is 220 g/mol. The molecule has 4 N–H and O–H groups in total. The quantitative estimate of drug-likeness (QED) is 0.752. The number of hydrogen-bond donors (Lipinski definition) is 2. The zero-order chi connectivity index (χ0) is 10.2. The van der Waals surface area contributed by atoms with Crippen molar-refractivity contribution in [2.45, 2.75) is 24.9 Å². The fourth-order valence-corrected chi connectivity index (χ4v) is 1.38. The molecule has 1 aromatic rings. The molecule has 0 radical (unpaired) electrons. The zero-order valence-corrected chi connectivity index (χ0v) is 9.29. The first-order chi connectivity index (χ1) is 6.62. The Kier molecular flexibility index (Phi) is 3.67.